The second kappa shape index (κ2) is 9.20. The molecule has 0 heterocycles. The normalized spacial score (nSPS) is 11.9. The molecule has 0 aliphatic heterocycles. The monoisotopic (exact) mass is 301 g/mol. The maximum absolute atomic E-state index is 12.4. The highest BCUT2D eigenvalue weighted by Crippen LogP contribution is 2.08. The molecule has 1 unspecified atom stereocenters. The van der Waals surface area contributed by atoms with Crippen molar-refractivity contribution in [3.63, 3.8) is 0 Å². The van der Waals surface area contributed by atoms with Crippen LogP contribution in [0.5, 0.6) is 0 Å². The van der Waals surface area contributed by atoms with Crippen molar-refractivity contribution in [2.24, 2.45) is 0 Å². The predicted octanol–water partition coefficient (Wildman–Crippen LogP) is 1.14. The van der Waals surface area contributed by atoms with Crippen molar-refractivity contribution in [3.8, 4) is 0 Å². The molecule has 0 saturated carbocycles. The van der Waals surface area contributed by atoms with E-state index in [1.54, 1.807) is 13.8 Å². The fourth-order valence-electron chi connectivity index (χ4n) is 1.82. The zero-order valence-electron chi connectivity index (χ0n) is 13.5. The number of likely N-dealkylation sites (N-methyl/N-ethyl adjacent to an activating group) is 1. The third-order valence-electron chi connectivity index (χ3n) is 3.11. The number of aliphatic carboxylic acids is 1. The van der Waals surface area contributed by atoms with E-state index in [1.165, 1.54) is 9.80 Å². The van der Waals surface area contributed by atoms with Gasteiger partial charge in [0.2, 0.25) is 5.91 Å². The Labute approximate surface area is 126 Å². The van der Waals surface area contributed by atoms with Crippen LogP contribution in [-0.4, -0.2) is 64.5 Å². The van der Waals surface area contributed by atoms with Crippen LogP contribution in [0.25, 0.3) is 0 Å². The number of carboxylic acids is 1. The van der Waals surface area contributed by atoms with Gasteiger partial charge in [0.05, 0.1) is 0 Å². The zero-order valence-corrected chi connectivity index (χ0v) is 13.5. The topological polar surface area (TPSA) is 90.0 Å². The second-order valence-electron chi connectivity index (χ2n) is 5.30. The van der Waals surface area contributed by atoms with E-state index in [1.807, 2.05) is 20.8 Å². The maximum atomic E-state index is 12.4. The lowest BCUT2D eigenvalue weighted by Crippen LogP contribution is -2.52. The van der Waals surface area contributed by atoms with Gasteiger partial charge in [0.25, 0.3) is 0 Å². The molecule has 0 radical (unpaired) electrons. The van der Waals surface area contributed by atoms with Crippen LogP contribution in [0, 0.1) is 0 Å². The first kappa shape index (κ1) is 19.2. The van der Waals surface area contributed by atoms with Crippen molar-refractivity contribution in [1.82, 2.24) is 15.1 Å². The minimum atomic E-state index is -1.06. The minimum Gasteiger partial charge on any atom is -0.480 e. The Morgan fingerprint density at radius 1 is 1.10 bits per heavy atom. The molecule has 0 aromatic rings. The Morgan fingerprint density at radius 3 is 2.05 bits per heavy atom. The number of carboxylic acid groups (broad SMARTS) is 1. The van der Waals surface area contributed by atoms with Gasteiger partial charge in [-0.3, -0.25) is 9.59 Å². The van der Waals surface area contributed by atoms with Gasteiger partial charge < -0.3 is 20.2 Å². The van der Waals surface area contributed by atoms with Gasteiger partial charge in [-0.25, -0.2) is 4.79 Å². The van der Waals surface area contributed by atoms with Crippen LogP contribution in [0.1, 0.15) is 41.0 Å². The van der Waals surface area contributed by atoms with Crippen molar-refractivity contribution in [2.45, 2.75) is 53.1 Å². The van der Waals surface area contributed by atoms with Gasteiger partial charge in [-0.05, 0) is 34.1 Å². The Morgan fingerprint density at radius 2 is 1.67 bits per heavy atom. The smallest absolute Gasteiger partial charge is 0.323 e. The van der Waals surface area contributed by atoms with Crippen molar-refractivity contribution in [3.05, 3.63) is 0 Å². The number of carbonyl (C=O) groups excluding carboxylic acids is 2. The van der Waals surface area contributed by atoms with E-state index in [0.29, 0.717) is 13.0 Å². The van der Waals surface area contributed by atoms with Gasteiger partial charge in [0.15, 0.2) is 0 Å². The van der Waals surface area contributed by atoms with Crippen LogP contribution in [0.15, 0.2) is 0 Å². The average molecular weight is 301 g/mol. The molecule has 122 valence electrons. The Bertz CT molecular complexity index is 371. The van der Waals surface area contributed by atoms with E-state index in [-0.39, 0.29) is 31.1 Å². The van der Waals surface area contributed by atoms with Gasteiger partial charge in [0, 0.05) is 18.6 Å². The third-order valence-corrected chi connectivity index (χ3v) is 3.11. The lowest BCUT2D eigenvalue weighted by atomic mass is 10.2. The molecule has 7 nitrogen and oxygen atoms in total. The summed E-state index contributed by atoms with van der Waals surface area (Å²) in [7, 11) is 0. The van der Waals surface area contributed by atoms with E-state index in [4.69, 9.17) is 5.11 Å². The van der Waals surface area contributed by atoms with Crippen LogP contribution in [0.3, 0.4) is 0 Å². The molecule has 0 rings (SSSR count). The second-order valence-corrected chi connectivity index (χ2v) is 5.30. The number of urea groups is 1. The van der Waals surface area contributed by atoms with Gasteiger partial charge in [-0.2, -0.15) is 0 Å². The summed E-state index contributed by atoms with van der Waals surface area (Å²) in [4.78, 5) is 37.8. The van der Waals surface area contributed by atoms with Crippen molar-refractivity contribution >= 4 is 17.9 Å². The van der Waals surface area contributed by atoms with E-state index in [9.17, 15) is 14.4 Å². The number of hydrogen-bond acceptors (Lipinski definition) is 3. The summed E-state index contributed by atoms with van der Waals surface area (Å²) in [5, 5.41) is 11.7. The molecular formula is C14H27N3O4. The summed E-state index contributed by atoms with van der Waals surface area (Å²) in [5.74, 6) is -1.31. The van der Waals surface area contributed by atoms with Gasteiger partial charge in [-0.15, -0.1) is 0 Å². The van der Waals surface area contributed by atoms with Crippen LogP contribution >= 0.6 is 0 Å². The van der Waals surface area contributed by atoms with Gasteiger partial charge in [0.1, 0.15) is 13.1 Å². The number of nitrogens with one attached hydrogen (secondary N) is 1. The first-order valence-electron chi connectivity index (χ1n) is 7.29. The van der Waals surface area contributed by atoms with Crippen molar-refractivity contribution in [2.75, 3.05) is 19.6 Å². The molecule has 0 spiro atoms. The van der Waals surface area contributed by atoms with Crippen molar-refractivity contribution in [1.29, 1.82) is 0 Å². The molecule has 0 aromatic heterocycles. The number of carbonyl (C=O) groups is 3. The van der Waals surface area contributed by atoms with Gasteiger partial charge in [-0.1, -0.05) is 6.92 Å². The molecule has 0 bridgehead atoms. The number of hydrogen-bond donors (Lipinski definition) is 2. The first-order valence-corrected chi connectivity index (χ1v) is 7.29. The standard InChI is InChI=1S/C14H27N3O4/c1-6-11(5)17(9-13(19)20)14(21)16(7-2)8-12(18)15-10(3)4/h10-11H,6-9H2,1-5H3,(H,15,18)(H,19,20). The average Bonchev–Trinajstić information content (AvgIpc) is 2.39. The lowest BCUT2D eigenvalue weighted by molar-refractivity contribution is -0.138. The Kier molecular flexibility index (Phi) is 8.42. The van der Waals surface area contributed by atoms with E-state index >= 15 is 0 Å². The minimum absolute atomic E-state index is 0.00371. The van der Waals surface area contributed by atoms with Gasteiger partial charge >= 0.3 is 12.0 Å². The van der Waals surface area contributed by atoms with Crippen LogP contribution in [-0.2, 0) is 9.59 Å². The highest BCUT2D eigenvalue weighted by atomic mass is 16.4. The molecule has 21 heavy (non-hydrogen) atoms. The summed E-state index contributed by atoms with van der Waals surface area (Å²) in [6.45, 7) is 9.03. The molecule has 7 heteroatoms. The lowest BCUT2D eigenvalue weighted by Gasteiger charge is -2.32. The number of nitrogens with zero attached hydrogens (tertiary/aromatic N) is 2. The van der Waals surface area contributed by atoms with Crippen molar-refractivity contribution < 1.29 is 19.5 Å². The highest BCUT2D eigenvalue weighted by Gasteiger charge is 2.26. The predicted molar refractivity (Wildman–Crippen MR) is 80.0 cm³/mol. The largest absolute Gasteiger partial charge is 0.480 e. The summed E-state index contributed by atoms with van der Waals surface area (Å²) in [6.07, 6.45) is 0.648. The molecule has 0 aliphatic rings. The number of amides is 3. The number of rotatable bonds is 8. The summed E-state index contributed by atoms with van der Waals surface area (Å²) in [6, 6.07) is -0.625. The molecular weight excluding hydrogens is 274 g/mol. The molecule has 0 saturated heterocycles. The molecule has 0 fully saturated rings. The summed E-state index contributed by atoms with van der Waals surface area (Å²) in [5.41, 5.74) is 0. The van der Waals surface area contributed by atoms with E-state index in [0.717, 1.165) is 0 Å². The Hall–Kier alpha value is -1.79. The summed E-state index contributed by atoms with van der Waals surface area (Å²) < 4.78 is 0. The third kappa shape index (κ3) is 6.97. The first-order chi connectivity index (χ1) is 9.72. The quantitative estimate of drug-likeness (QED) is 0.703. The molecule has 0 aliphatic carbocycles. The van der Waals surface area contributed by atoms with Crippen LogP contribution < -0.4 is 5.32 Å². The summed E-state index contributed by atoms with van der Waals surface area (Å²) >= 11 is 0. The van der Waals surface area contributed by atoms with Crippen LogP contribution in [0.4, 0.5) is 4.79 Å². The molecule has 1 atom stereocenters. The van der Waals surface area contributed by atoms with Crippen LogP contribution in [0.2, 0.25) is 0 Å². The maximum Gasteiger partial charge on any atom is 0.323 e. The molecule has 0 aromatic carbocycles. The fraction of sp³-hybridized carbons (Fsp3) is 0.786. The zero-order chi connectivity index (χ0) is 16.6. The molecule has 3 amide bonds. The fourth-order valence-corrected chi connectivity index (χ4v) is 1.82. The highest BCUT2D eigenvalue weighted by molar-refractivity contribution is 5.86. The molecule has 2 N–H and O–H groups in total. The SMILES string of the molecule is CCC(C)N(CC(=O)O)C(=O)N(CC)CC(=O)NC(C)C. The Balaban J connectivity index is 4.91. The van der Waals surface area contributed by atoms with E-state index in [2.05, 4.69) is 5.32 Å². The van der Waals surface area contributed by atoms with E-state index < -0.39 is 12.0 Å².